The fourth-order valence-corrected chi connectivity index (χ4v) is 2.60. The van der Waals surface area contributed by atoms with Gasteiger partial charge in [0, 0.05) is 24.0 Å². The van der Waals surface area contributed by atoms with E-state index in [0.29, 0.717) is 0 Å². The summed E-state index contributed by atoms with van der Waals surface area (Å²) in [5.74, 6) is 0. The average molecular weight is 268 g/mol. The molecule has 2 nitrogen and oxygen atoms in total. The van der Waals surface area contributed by atoms with Gasteiger partial charge in [0.1, 0.15) is 0 Å². The molecule has 2 heteroatoms. The Bertz CT molecular complexity index is 563. The Morgan fingerprint density at radius 3 is 2.15 bits per heavy atom. The first kappa shape index (κ1) is 14.6. The summed E-state index contributed by atoms with van der Waals surface area (Å²) in [6.45, 7) is 7.39. The maximum Gasteiger partial charge on any atom is 0.0459 e. The van der Waals surface area contributed by atoms with Crippen LogP contribution in [0.25, 0.3) is 0 Å². The minimum atomic E-state index is 0.0873. The zero-order valence-corrected chi connectivity index (χ0v) is 12.6. The third-order valence-corrected chi connectivity index (χ3v) is 3.79. The van der Waals surface area contributed by atoms with Crippen molar-refractivity contribution in [1.82, 2.24) is 0 Å². The van der Waals surface area contributed by atoms with Gasteiger partial charge in [-0.15, -0.1) is 0 Å². The molecule has 2 rings (SSSR count). The summed E-state index contributed by atoms with van der Waals surface area (Å²) in [6.07, 6.45) is 0.947. The van der Waals surface area contributed by atoms with Crippen LogP contribution in [0.5, 0.6) is 0 Å². The summed E-state index contributed by atoms with van der Waals surface area (Å²) in [5, 5.41) is 0. The Morgan fingerprint density at radius 1 is 0.950 bits per heavy atom. The fraction of sp³-hybridized carbons (Fsp3) is 0.333. The topological polar surface area (TPSA) is 29.3 Å². The van der Waals surface area contributed by atoms with Gasteiger partial charge in [-0.3, -0.25) is 0 Å². The molecule has 106 valence electrons. The van der Waals surface area contributed by atoms with E-state index in [1.165, 1.54) is 22.5 Å². The number of hydrogen-bond acceptors (Lipinski definition) is 2. The van der Waals surface area contributed by atoms with E-state index in [4.69, 9.17) is 5.73 Å². The Labute approximate surface area is 122 Å². The number of anilines is 2. The van der Waals surface area contributed by atoms with E-state index in [1.54, 1.807) is 0 Å². The number of nitrogens with zero attached hydrogens (tertiary/aromatic N) is 1. The lowest BCUT2D eigenvalue weighted by Crippen LogP contribution is -2.21. The van der Waals surface area contributed by atoms with Crippen molar-refractivity contribution in [3.8, 4) is 0 Å². The highest BCUT2D eigenvalue weighted by Crippen LogP contribution is 2.33. The first-order valence-electron chi connectivity index (χ1n) is 7.36. The van der Waals surface area contributed by atoms with Gasteiger partial charge in [0.25, 0.3) is 0 Å². The van der Waals surface area contributed by atoms with E-state index in [-0.39, 0.29) is 6.04 Å². The van der Waals surface area contributed by atoms with Crippen LogP contribution in [0.15, 0.2) is 48.5 Å². The minimum Gasteiger partial charge on any atom is -0.341 e. The molecule has 2 aromatic carbocycles. The van der Waals surface area contributed by atoms with Crippen LogP contribution >= 0.6 is 0 Å². The van der Waals surface area contributed by atoms with Crippen molar-refractivity contribution in [1.29, 1.82) is 0 Å². The number of para-hydroxylation sites is 2. The number of aryl methyl sites for hydroxylation is 1. The molecule has 0 aliphatic rings. The predicted octanol–water partition coefficient (Wildman–Crippen LogP) is 4.56. The fourth-order valence-electron chi connectivity index (χ4n) is 2.60. The van der Waals surface area contributed by atoms with E-state index < -0.39 is 0 Å². The van der Waals surface area contributed by atoms with Gasteiger partial charge in [-0.25, -0.2) is 0 Å². The maximum atomic E-state index is 6.28. The molecule has 1 atom stereocenters. The quantitative estimate of drug-likeness (QED) is 0.861. The molecule has 0 saturated carbocycles. The second kappa shape index (κ2) is 6.58. The minimum absolute atomic E-state index is 0.0873. The molecule has 0 aliphatic heterocycles. The predicted molar refractivity (Wildman–Crippen MR) is 87.5 cm³/mol. The van der Waals surface area contributed by atoms with Crippen LogP contribution in [0.2, 0.25) is 0 Å². The Hall–Kier alpha value is -1.80. The van der Waals surface area contributed by atoms with Crippen LogP contribution in [0.1, 0.15) is 37.4 Å². The SMILES string of the molecule is CCC(N)c1ccccc1N(CC)c1ccccc1C. The lowest BCUT2D eigenvalue weighted by Gasteiger charge is -2.29. The Morgan fingerprint density at radius 2 is 1.55 bits per heavy atom. The highest BCUT2D eigenvalue weighted by atomic mass is 15.1. The van der Waals surface area contributed by atoms with Gasteiger partial charge in [-0.2, -0.15) is 0 Å². The number of benzene rings is 2. The highest BCUT2D eigenvalue weighted by Gasteiger charge is 2.16. The molecule has 1 unspecified atom stereocenters. The molecular formula is C18H24N2. The summed E-state index contributed by atoms with van der Waals surface area (Å²) in [6, 6.07) is 17.1. The van der Waals surface area contributed by atoms with Crippen molar-refractivity contribution >= 4 is 11.4 Å². The molecule has 0 aliphatic carbocycles. The van der Waals surface area contributed by atoms with Gasteiger partial charge < -0.3 is 10.6 Å². The normalized spacial score (nSPS) is 12.2. The van der Waals surface area contributed by atoms with Gasteiger partial charge >= 0.3 is 0 Å². The standard InChI is InChI=1S/C18H24N2/c1-4-16(19)15-11-7-9-13-18(15)20(5-2)17-12-8-6-10-14(17)3/h6-13,16H,4-5,19H2,1-3H3. The van der Waals surface area contributed by atoms with E-state index >= 15 is 0 Å². The van der Waals surface area contributed by atoms with Crippen molar-refractivity contribution in [3.05, 3.63) is 59.7 Å². The van der Waals surface area contributed by atoms with Crippen LogP contribution in [-0.2, 0) is 0 Å². The smallest absolute Gasteiger partial charge is 0.0459 e. The molecule has 0 heterocycles. The molecule has 0 radical (unpaired) electrons. The van der Waals surface area contributed by atoms with Crippen molar-refractivity contribution in [2.75, 3.05) is 11.4 Å². The largest absolute Gasteiger partial charge is 0.341 e. The molecular weight excluding hydrogens is 244 g/mol. The van der Waals surface area contributed by atoms with Crippen LogP contribution in [0.3, 0.4) is 0 Å². The van der Waals surface area contributed by atoms with E-state index in [0.717, 1.165) is 13.0 Å². The van der Waals surface area contributed by atoms with Crippen molar-refractivity contribution in [2.45, 2.75) is 33.2 Å². The van der Waals surface area contributed by atoms with Crippen LogP contribution in [0, 0.1) is 6.92 Å². The van der Waals surface area contributed by atoms with Crippen LogP contribution in [-0.4, -0.2) is 6.54 Å². The Kier molecular flexibility index (Phi) is 4.80. The molecule has 0 fully saturated rings. The zero-order valence-electron chi connectivity index (χ0n) is 12.6. The summed E-state index contributed by atoms with van der Waals surface area (Å²) < 4.78 is 0. The second-order valence-electron chi connectivity index (χ2n) is 5.10. The lowest BCUT2D eigenvalue weighted by atomic mass is 10.0. The Balaban J connectivity index is 2.50. The number of nitrogens with two attached hydrogens (primary N) is 1. The molecule has 0 aromatic heterocycles. The second-order valence-corrected chi connectivity index (χ2v) is 5.10. The molecule has 0 saturated heterocycles. The van der Waals surface area contributed by atoms with E-state index in [1.807, 2.05) is 0 Å². The highest BCUT2D eigenvalue weighted by molar-refractivity contribution is 5.69. The monoisotopic (exact) mass is 268 g/mol. The van der Waals surface area contributed by atoms with Crippen molar-refractivity contribution < 1.29 is 0 Å². The lowest BCUT2D eigenvalue weighted by molar-refractivity contribution is 0.697. The third kappa shape index (κ3) is 2.86. The summed E-state index contributed by atoms with van der Waals surface area (Å²) in [7, 11) is 0. The van der Waals surface area contributed by atoms with E-state index in [9.17, 15) is 0 Å². The average Bonchev–Trinajstić information content (AvgIpc) is 2.49. The van der Waals surface area contributed by atoms with Gasteiger partial charge in [0.15, 0.2) is 0 Å². The van der Waals surface area contributed by atoms with E-state index in [2.05, 4.69) is 74.2 Å². The first-order chi connectivity index (χ1) is 9.69. The van der Waals surface area contributed by atoms with Gasteiger partial charge in [-0.05, 0) is 43.5 Å². The third-order valence-electron chi connectivity index (χ3n) is 3.79. The number of rotatable bonds is 5. The molecule has 20 heavy (non-hydrogen) atoms. The first-order valence-corrected chi connectivity index (χ1v) is 7.36. The number of hydrogen-bond donors (Lipinski definition) is 1. The van der Waals surface area contributed by atoms with Gasteiger partial charge in [0.2, 0.25) is 0 Å². The van der Waals surface area contributed by atoms with Gasteiger partial charge in [0.05, 0.1) is 0 Å². The molecule has 2 N–H and O–H groups in total. The van der Waals surface area contributed by atoms with Gasteiger partial charge in [-0.1, -0.05) is 43.3 Å². The molecule has 0 bridgehead atoms. The van der Waals surface area contributed by atoms with Crippen molar-refractivity contribution in [3.63, 3.8) is 0 Å². The summed E-state index contributed by atoms with van der Waals surface area (Å²) in [4.78, 5) is 2.35. The molecule has 0 spiro atoms. The van der Waals surface area contributed by atoms with Crippen LogP contribution in [0.4, 0.5) is 11.4 Å². The zero-order chi connectivity index (χ0) is 14.5. The molecule has 0 amide bonds. The van der Waals surface area contributed by atoms with Crippen LogP contribution < -0.4 is 10.6 Å². The summed E-state index contributed by atoms with van der Waals surface area (Å²) >= 11 is 0. The van der Waals surface area contributed by atoms with Crippen molar-refractivity contribution in [2.24, 2.45) is 5.73 Å². The maximum absolute atomic E-state index is 6.28. The summed E-state index contributed by atoms with van der Waals surface area (Å²) in [5.41, 5.74) is 11.3. The molecule has 2 aromatic rings.